The van der Waals surface area contributed by atoms with E-state index >= 15 is 0 Å². The molecule has 0 atom stereocenters. The van der Waals surface area contributed by atoms with Crippen molar-refractivity contribution in [3.05, 3.63) is 42.5 Å². The van der Waals surface area contributed by atoms with Crippen LogP contribution in [-0.4, -0.2) is 78.2 Å². The van der Waals surface area contributed by atoms with Gasteiger partial charge in [-0.15, -0.1) is 0 Å². The monoisotopic (exact) mass is 450 g/mol. The second-order valence-electron chi connectivity index (χ2n) is 9.39. The summed E-state index contributed by atoms with van der Waals surface area (Å²) in [5.74, 6) is 3.05. The molecule has 0 N–H and O–H groups in total. The van der Waals surface area contributed by atoms with Crippen LogP contribution in [0.25, 0.3) is 0 Å². The zero-order chi connectivity index (χ0) is 22.5. The predicted molar refractivity (Wildman–Crippen MR) is 127 cm³/mol. The molecule has 176 valence electrons. The van der Waals surface area contributed by atoms with E-state index in [0.717, 1.165) is 102 Å². The third-order valence-electron chi connectivity index (χ3n) is 7.29. The topological polar surface area (TPSA) is 74.7 Å². The second-order valence-corrected chi connectivity index (χ2v) is 9.39. The molecule has 3 saturated heterocycles. The van der Waals surface area contributed by atoms with Crippen LogP contribution in [0.5, 0.6) is 0 Å². The van der Waals surface area contributed by atoms with E-state index < -0.39 is 0 Å². The van der Waals surface area contributed by atoms with E-state index in [-0.39, 0.29) is 5.92 Å². The van der Waals surface area contributed by atoms with Crippen LogP contribution >= 0.6 is 0 Å². The Morgan fingerprint density at radius 2 is 1.58 bits per heavy atom. The van der Waals surface area contributed by atoms with Crippen molar-refractivity contribution in [2.75, 3.05) is 62.3 Å². The molecule has 33 heavy (non-hydrogen) atoms. The molecule has 5 heterocycles. The van der Waals surface area contributed by atoms with Crippen LogP contribution in [0.4, 0.5) is 11.6 Å². The molecule has 0 radical (unpaired) electrons. The van der Waals surface area contributed by atoms with Crippen LogP contribution in [-0.2, 0) is 16.0 Å². The number of amides is 1. The smallest absolute Gasteiger partial charge is 0.225 e. The highest BCUT2D eigenvalue weighted by atomic mass is 16.5. The molecule has 0 aromatic carbocycles. The number of aromatic nitrogens is 3. The summed E-state index contributed by atoms with van der Waals surface area (Å²) >= 11 is 0. The minimum absolute atomic E-state index is 0.133. The molecule has 2 aromatic heterocycles. The fourth-order valence-electron chi connectivity index (χ4n) is 5.26. The van der Waals surface area contributed by atoms with Gasteiger partial charge in [0.15, 0.2) is 0 Å². The Hall–Kier alpha value is -2.74. The molecular formula is C25H34N6O2. The van der Waals surface area contributed by atoms with Crippen LogP contribution < -0.4 is 9.80 Å². The number of carbonyl (C=O) groups is 1. The molecular weight excluding hydrogens is 416 g/mol. The Morgan fingerprint density at radius 1 is 0.879 bits per heavy atom. The molecule has 0 unspecified atom stereocenters. The van der Waals surface area contributed by atoms with Crippen molar-refractivity contribution in [1.29, 1.82) is 0 Å². The number of pyridine rings is 1. The lowest BCUT2D eigenvalue weighted by molar-refractivity contribution is -0.137. The molecule has 3 fully saturated rings. The first-order valence-electron chi connectivity index (χ1n) is 12.3. The molecule has 0 bridgehead atoms. The number of nitrogens with zero attached hydrogens (tertiary/aromatic N) is 6. The standard InChI is InChI=1S/C25H34N6O2/c32-25(31-9-4-20(5-10-31)17-22-3-1-2-8-26-22)21-6-11-29(12-7-21)23-18-24(28-19-27-23)30-13-15-33-16-14-30/h1-3,8,18-21H,4-7,9-17H2. The first-order valence-corrected chi connectivity index (χ1v) is 12.3. The molecule has 1 amide bonds. The van der Waals surface area contributed by atoms with Crippen molar-refractivity contribution >= 4 is 17.5 Å². The zero-order valence-electron chi connectivity index (χ0n) is 19.3. The lowest BCUT2D eigenvalue weighted by atomic mass is 9.89. The third-order valence-corrected chi connectivity index (χ3v) is 7.29. The molecule has 3 aliphatic heterocycles. The summed E-state index contributed by atoms with van der Waals surface area (Å²) in [6, 6.07) is 8.20. The lowest BCUT2D eigenvalue weighted by Gasteiger charge is -2.37. The fraction of sp³-hybridized carbons (Fsp3) is 0.600. The minimum atomic E-state index is 0.133. The number of ether oxygens (including phenoxy) is 1. The predicted octanol–water partition coefficient (Wildman–Crippen LogP) is 2.41. The Bertz CT molecular complexity index is 904. The van der Waals surface area contributed by atoms with Crippen molar-refractivity contribution in [3.8, 4) is 0 Å². The number of hydrogen-bond donors (Lipinski definition) is 0. The summed E-state index contributed by atoms with van der Waals surface area (Å²) in [5.41, 5.74) is 1.16. The molecule has 8 nitrogen and oxygen atoms in total. The summed E-state index contributed by atoms with van der Waals surface area (Å²) in [6.45, 7) is 6.71. The average Bonchev–Trinajstić information content (AvgIpc) is 2.90. The fourth-order valence-corrected chi connectivity index (χ4v) is 5.26. The van der Waals surface area contributed by atoms with Gasteiger partial charge in [-0.05, 0) is 50.2 Å². The molecule has 0 aliphatic carbocycles. The van der Waals surface area contributed by atoms with E-state index in [0.29, 0.717) is 11.8 Å². The van der Waals surface area contributed by atoms with Gasteiger partial charge in [-0.2, -0.15) is 0 Å². The molecule has 3 aliphatic rings. The van der Waals surface area contributed by atoms with Gasteiger partial charge in [0, 0.05) is 63.1 Å². The number of rotatable bonds is 5. The van der Waals surface area contributed by atoms with Gasteiger partial charge in [0.2, 0.25) is 5.91 Å². The molecule has 2 aromatic rings. The van der Waals surface area contributed by atoms with Gasteiger partial charge in [-0.1, -0.05) is 6.07 Å². The van der Waals surface area contributed by atoms with E-state index in [1.165, 1.54) is 0 Å². The van der Waals surface area contributed by atoms with Crippen molar-refractivity contribution in [3.63, 3.8) is 0 Å². The van der Waals surface area contributed by atoms with Gasteiger partial charge in [-0.3, -0.25) is 9.78 Å². The summed E-state index contributed by atoms with van der Waals surface area (Å²) in [6.07, 6.45) is 8.48. The summed E-state index contributed by atoms with van der Waals surface area (Å²) in [5, 5.41) is 0. The number of morpholine rings is 1. The first-order chi connectivity index (χ1) is 16.3. The van der Waals surface area contributed by atoms with Crippen LogP contribution in [0.2, 0.25) is 0 Å². The second kappa shape index (κ2) is 10.5. The average molecular weight is 451 g/mol. The SMILES string of the molecule is O=C(C1CCN(c2cc(N3CCOCC3)ncn2)CC1)N1CCC(Cc2ccccn2)CC1. The maximum Gasteiger partial charge on any atom is 0.225 e. The van der Waals surface area contributed by atoms with E-state index in [1.807, 2.05) is 12.3 Å². The van der Waals surface area contributed by atoms with Gasteiger partial charge in [0.25, 0.3) is 0 Å². The Morgan fingerprint density at radius 3 is 2.24 bits per heavy atom. The molecule has 8 heteroatoms. The van der Waals surface area contributed by atoms with Crippen molar-refractivity contribution in [1.82, 2.24) is 19.9 Å². The van der Waals surface area contributed by atoms with Crippen molar-refractivity contribution in [2.45, 2.75) is 32.1 Å². The largest absolute Gasteiger partial charge is 0.378 e. The molecule has 0 spiro atoms. The highest BCUT2D eigenvalue weighted by Gasteiger charge is 2.31. The minimum Gasteiger partial charge on any atom is -0.378 e. The lowest BCUT2D eigenvalue weighted by Crippen LogP contribution is -2.46. The number of anilines is 2. The zero-order valence-corrected chi connectivity index (χ0v) is 19.3. The van der Waals surface area contributed by atoms with Gasteiger partial charge < -0.3 is 19.4 Å². The molecule has 0 saturated carbocycles. The van der Waals surface area contributed by atoms with Crippen molar-refractivity contribution < 1.29 is 9.53 Å². The van der Waals surface area contributed by atoms with Crippen LogP contribution in [0.1, 0.15) is 31.4 Å². The number of carbonyl (C=O) groups excluding carboxylic acids is 1. The Kier molecular flexibility index (Phi) is 7.00. The quantitative estimate of drug-likeness (QED) is 0.692. The third kappa shape index (κ3) is 5.43. The maximum atomic E-state index is 13.2. The van der Waals surface area contributed by atoms with Gasteiger partial charge in [-0.25, -0.2) is 9.97 Å². The van der Waals surface area contributed by atoms with Crippen molar-refractivity contribution in [2.24, 2.45) is 11.8 Å². The van der Waals surface area contributed by atoms with Crippen LogP contribution in [0.3, 0.4) is 0 Å². The van der Waals surface area contributed by atoms with Gasteiger partial charge in [0.1, 0.15) is 18.0 Å². The van der Waals surface area contributed by atoms with E-state index in [4.69, 9.17) is 4.74 Å². The number of hydrogen-bond acceptors (Lipinski definition) is 7. The first kappa shape index (κ1) is 22.1. The Labute approximate surface area is 196 Å². The molecule has 5 rings (SSSR count). The highest BCUT2D eigenvalue weighted by molar-refractivity contribution is 5.79. The summed E-state index contributed by atoms with van der Waals surface area (Å²) in [4.78, 5) is 33.3. The van der Waals surface area contributed by atoms with E-state index in [2.05, 4.69) is 47.9 Å². The summed E-state index contributed by atoms with van der Waals surface area (Å²) in [7, 11) is 0. The van der Waals surface area contributed by atoms with Crippen LogP contribution in [0.15, 0.2) is 36.8 Å². The highest BCUT2D eigenvalue weighted by Crippen LogP contribution is 2.28. The Balaban J connectivity index is 1.10. The summed E-state index contributed by atoms with van der Waals surface area (Å²) < 4.78 is 5.45. The maximum absolute atomic E-state index is 13.2. The van der Waals surface area contributed by atoms with Gasteiger partial charge in [0.05, 0.1) is 13.2 Å². The van der Waals surface area contributed by atoms with Gasteiger partial charge >= 0.3 is 0 Å². The normalized spacial score (nSPS) is 20.8. The number of piperidine rings is 2. The number of likely N-dealkylation sites (tertiary alicyclic amines) is 1. The van der Waals surface area contributed by atoms with Crippen LogP contribution in [0, 0.1) is 11.8 Å². The van der Waals surface area contributed by atoms with E-state index in [9.17, 15) is 4.79 Å². The van der Waals surface area contributed by atoms with E-state index in [1.54, 1.807) is 6.33 Å².